The number of hydrogen-bond donors (Lipinski definition) is 2. The lowest BCUT2D eigenvalue weighted by atomic mass is 10.1. The third-order valence-corrected chi connectivity index (χ3v) is 3.74. The lowest BCUT2D eigenvalue weighted by Gasteiger charge is -2.14. The van der Waals surface area contributed by atoms with Crippen molar-refractivity contribution in [2.24, 2.45) is 0 Å². The third-order valence-electron chi connectivity index (χ3n) is 3.74. The van der Waals surface area contributed by atoms with Crippen LogP contribution in [0.3, 0.4) is 0 Å². The van der Waals surface area contributed by atoms with E-state index in [1.165, 1.54) is 7.11 Å². The van der Waals surface area contributed by atoms with Gasteiger partial charge in [-0.3, -0.25) is 4.79 Å². The standard InChI is InChI=1S/C19H16F3N3O2/c1-11(12-3-5-14(27-2)6-4-12)25-19(26)13(9-23)10-24-16-8-7-15(20)17(21)18(16)22/h3-8,10-11,24H,1-2H3,(H,25,26)/b13-10-. The minimum atomic E-state index is -1.65. The van der Waals surface area contributed by atoms with E-state index in [0.29, 0.717) is 5.75 Å². The van der Waals surface area contributed by atoms with Crippen LogP contribution in [0.5, 0.6) is 5.75 Å². The van der Waals surface area contributed by atoms with E-state index in [9.17, 15) is 18.0 Å². The fourth-order valence-electron chi connectivity index (χ4n) is 2.19. The number of halogens is 3. The van der Waals surface area contributed by atoms with Crippen molar-refractivity contribution in [2.45, 2.75) is 13.0 Å². The van der Waals surface area contributed by atoms with Crippen LogP contribution in [0.2, 0.25) is 0 Å². The number of nitrogens with zero attached hydrogens (tertiary/aromatic N) is 1. The van der Waals surface area contributed by atoms with Gasteiger partial charge in [0.05, 0.1) is 18.8 Å². The predicted octanol–water partition coefficient (Wildman–Crippen LogP) is 3.81. The molecule has 0 bridgehead atoms. The minimum absolute atomic E-state index is 0.362. The number of methoxy groups -OCH3 is 1. The van der Waals surface area contributed by atoms with E-state index in [0.717, 1.165) is 23.9 Å². The van der Waals surface area contributed by atoms with E-state index in [1.807, 2.05) is 0 Å². The fraction of sp³-hybridized carbons (Fsp3) is 0.158. The van der Waals surface area contributed by atoms with Gasteiger partial charge in [-0.25, -0.2) is 13.2 Å². The number of nitrogens with one attached hydrogen (secondary N) is 2. The molecule has 2 N–H and O–H groups in total. The summed E-state index contributed by atoms with van der Waals surface area (Å²) in [5, 5.41) is 14.0. The van der Waals surface area contributed by atoms with Gasteiger partial charge in [-0.05, 0) is 36.8 Å². The maximum atomic E-state index is 13.6. The molecule has 0 saturated carbocycles. The van der Waals surface area contributed by atoms with Crippen LogP contribution in [0.25, 0.3) is 0 Å². The van der Waals surface area contributed by atoms with Gasteiger partial charge in [-0.1, -0.05) is 12.1 Å². The molecule has 0 radical (unpaired) electrons. The molecule has 5 nitrogen and oxygen atoms in total. The molecule has 1 amide bonds. The molecule has 0 spiro atoms. The molecule has 2 aromatic rings. The van der Waals surface area contributed by atoms with Crippen molar-refractivity contribution >= 4 is 11.6 Å². The van der Waals surface area contributed by atoms with Crippen molar-refractivity contribution in [1.29, 1.82) is 5.26 Å². The molecular weight excluding hydrogens is 359 g/mol. The highest BCUT2D eigenvalue weighted by Crippen LogP contribution is 2.20. The maximum absolute atomic E-state index is 13.6. The first-order valence-corrected chi connectivity index (χ1v) is 7.82. The Hall–Kier alpha value is -3.47. The summed E-state index contributed by atoms with van der Waals surface area (Å²) in [4.78, 5) is 12.2. The number of carbonyl (C=O) groups excluding carboxylic acids is 1. The van der Waals surface area contributed by atoms with Crippen LogP contribution >= 0.6 is 0 Å². The van der Waals surface area contributed by atoms with Crippen LogP contribution < -0.4 is 15.4 Å². The van der Waals surface area contributed by atoms with Crippen molar-refractivity contribution in [1.82, 2.24) is 5.32 Å². The summed E-state index contributed by atoms with van der Waals surface area (Å²) in [6, 6.07) is 9.91. The Morgan fingerprint density at radius 3 is 2.41 bits per heavy atom. The van der Waals surface area contributed by atoms with E-state index in [4.69, 9.17) is 10.00 Å². The minimum Gasteiger partial charge on any atom is -0.497 e. The lowest BCUT2D eigenvalue weighted by Crippen LogP contribution is -2.28. The number of anilines is 1. The highest BCUT2D eigenvalue weighted by molar-refractivity contribution is 5.97. The second kappa shape index (κ2) is 8.76. The molecule has 1 unspecified atom stereocenters. The van der Waals surface area contributed by atoms with E-state index in [1.54, 1.807) is 37.3 Å². The number of hydrogen-bond acceptors (Lipinski definition) is 4. The Morgan fingerprint density at radius 1 is 1.15 bits per heavy atom. The second-order valence-electron chi connectivity index (χ2n) is 5.51. The van der Waals surface area contributed by atoms with Gasteiger partial charge in [0, 0.05) is 6.20 Å². The number of ether oxygens (including phenoxy) is 1. The monoisotopic (exact) mass is 375 g/mol. The first-order valence-electron chi connectivity index (χ1n) is 7.82. The van der Waals surface area contributed by atoms with Crippen LogP contribution in [0, 0.1) is 28.8 Å². The number of benzene rings is 2. The first kappa shape index (κ1) is 19.8. The number of carbonyl (C=O) groups is 1. The normalized spacial score (nSPS) is 12.1. The lowest BCUT2D eigenvalue weighted by molar-refractivity contribution is -0.117. The molecule has 0 saturated heterocycles. The van der Waals surface area contributed by atoms with Gasteiger partial charge < -0.3 is 15.4 Å². The zero-order valence-electron chi connectivity index (χ0n) is 14.5. The summed E-state index contributed by atoms with van der Waals surface area (Å²) in [6.45, 7) is 1.72. The fourth-order valence-corrected chi connectivity index (χ4v) is 2.19. The van der Waals surface area contributed by atoms with Gasteiger partial charge in [-0.2, -0.15) is 5.26 Å². The summed E-state index contributed by atoms with van der Waals surface area (Å²) in [5.41, 5.74) is 0.0122. The number of amides is 1. The van der Waals surface area contributed by atoms with Crippen molar-refractivity contribution in [2.75, 3.05) is 12.4 Å². The molecule has 0 aromatic heterocycles. The first-order chi connectivity index (χ1) is 12.9. The summed E-state index contributed by atoms with van der Waals surface area (Å²) in [7, 11) is 1.53. The van der Waals surface area contributed by atoms with E-state index in [2.05, 4.69) is 10.6 Å². The Morgan fingerprint density at radius 2 is 1.81 bits per heavy atom. The Balaban J connectivity index is 2.09. The van der Waals surface area contributed by atoms with E-state index >= 15 is 0 Å². The second-order valence-corrected chi connectivity index (χ2v) is 5.51. The molecule has 2 rings (SSSR count). The van der Waals surface area contributed by atoms with Gasteiger partial charge in [0.2, 0.25) is 0 Å². The summed E-state index contributed by atoms with van der Waals surface area (Å²) < 4.78 is 44.8. The van der Waals surface area contributed by atoms with Crippen molar-refractivity contribution in [3.63, 3.8) is 0 Å². The number of rotatable bonds is 6. The SMILES string of the molecule is COc1ccc(C(C)NC(=O)/C(C#N)=C\Nc2ccc(F)c(F)c2F)cc1. The van der Waals surface area contributed by atoms with Gasteiger partial charge >= 0.3 is 0 Å². The highest BCUT2D eigenvalue weighted by Gasteiger charge is 2.16. The molecular formula is C19H16F3N3O2. The average molecular weight is 375 g/mol. The Kier molecular flexibility index (Phi) is 6.44. The molecule has 0 fully saturated rings. The number of nitriles is 1. The summed E-state index contributed by atoms with van der Waals surface area (Å²) >= 11 is 0. The molecule has 140 valence electrons. The van der Waals surface area contributed by atoms with Gasteiger partial charge in [-0.15, -0.1) is 0 Å². The quantitative estimate of drug-likeness (QED) is 0.457. The zero-order valence-corrected chi connectivity index (χ0v) is 14.5. The van der Waals surface area contributed by atoms with Crippen LogP contribution in [0.1, 0.15) is 18.5 Å². The predicted molar refractivity (Wildman–Crippen MR) is 93.2 cm³/mol. The largest absolute Gasteiger partial charge is 0.497 e. The van der Waals surface area contributed by atoms with Crippen LogP contribution in [-0.4, -0.2) is 13.0 Å². The Labute approximate surface area is 154 Å². The molecule has 0 aliphatic carbocycles. The molecule has 0 heterocycles. The van der Waals surface area contributed by atoms with Crippen molar-refractivity contribution < 1.29 is 22.7 Å². The van der Waals surface area contributed by atoms with Gasteiger partial charge in [0.25, 0.3) is 5.91 Å². The van der Waals surface area contributed by atoms with Crippen molar-refractivity contribution in [3.8, 4) is 11.8 Å². The van der Waals surface area contributed by atoms with E-state index < -0.39 is 35.1 Å². The molecule has 1 atom stereocenters. The molecule has 27 heavy (non-hydrogen) atoms. The van der Waals surface area contributed by atoms with Crippen LogP contribution in [-0.2, 0) is 4.79 Å². The van der Waals surface area contributed by atoms with Crippen LogP contribution in [0.4, 0.5) is 18.9 Å². The van der Waals surface area contributed by atoms with Crippen LogP contribution in [0.15, 0.2) is 48.2 Å². The molecule has 0 aliphatic heterocycles. The topological polar surface area (TPSA) is 74.1 Å². The van der Waals surface area contributed by atoms with Gasteiger partial charge in [0.1, 0.15) is 17.4 Å². The third kappa shape index (κ3) is 4.79. The molecule has 8 heteroatoms. The maximum Gasteiger partial charge on any atom is 0.263 e. The highest BCUT2D eigenvalue weighted by atomic mass is 19.2. The van der Waals surface area contributed by atoms with E-state index in [-0.39, 0.29) is 5.57 Å². The molecule has 0 aliphatic rings. The molecule has 2 aromatic carbocycles. The van der Waals surface area contributed by atoms with Crippen molar-refractivity contribution in [3.05, 3.63) is 71.2 Å². The summed E-state index contributed by atoms with van der Waals surface area (Å²) in [6.07, 6.45) is 0.922. The van der Waals surface area contributed by atoms with Gasteiger partial charge in [0.15, 0.2) is 17.5 Å². The zero-order chi connectivity index (χ0) is 20.0. The Bertz CT molecular complexity index is 906. The smallest absolute Gasteiger partial charge is 0.263 e. The summed E-state index contributed by atoms with van der Waals surface area (Å²) in [5.74, 6) is -4.49. The average Bonchev–Trinajstić information content (AvgIpc) is 2.68.